The number of amides is 2. The molecule has 152 valence electrons. The average Bonchev–Trinajstić information content (AvgIpc) is 2.93. The largest absolute Gasteiger partial charge is 0.490 e. The Kier molecular flexibility index (Phi) is 5.98. The third kappa shape index (κ3) is 4.79. The first-order chi connectivity index (χ1) is 13.7. The van der Waals surface area contributed by atoms with Crippen molar-refractivity contribution in [2.24, 2.45) is 0 Å². The molecule has 1 heterocycles. The van der Waals surface area contributed by atoms with Crippen LogP contribution in [-0.4, -0.2) is 24.0 Å². The Hall–Kier alpha value is -2.80. The van der Waals surface area contributed by atoms with Gasteiger partial charge in [0.15, 0.2) is 11.5 Å². The first-order valence-electron chi connectivity index (χ1n) is 9.27. The SMILES string of the molecule is CCOc1cc(/C=C2/C(=O)NN(c3ccccc3)C2=O)c(Br)cc1OC(C)(C)C. The quantitative estimate of drug-likeness (QED) is 0.529. The van der Waals surface area contributed by atoms with Crippen molar-refractivity contribution in [2.45, 2.75) is 33.3 Å². The number of nitrogens with one attached hydrogen (secondary N) is 1. The highest BCUT2D eigenvalue weighted by molar-refractivity contribution is 9.10. The van der Waals surface area contributed by atoms with Crippen LogP contribution >= 0.6 is 15.9 Å². The number of carbonyl (C=O) groups is 2. The van der Waals surface area contributed by atoms with Crippen LogP contribution < -0.4 is 19.9 Å². The van der Waals surface area contributed by atoms with Crippen molar-refractivity contribution in [1.82, 2.24) is 5.43 Å². The van der Waals surface area contributed by atoms with Gasteiger partial charge in [0.05, 0.1) is 12.3 Å². The number of hydrogen-bond acceptors (Lipinski definition) is 4. The molecule has 0 aromatic heterocycles. The summed E-state index contributed by atoms with van der Waals surface area (Å²) < 4.78 is 12.4. The monoisotopic (exact) mass is 458 g/mol. The van der Waals surface area contributed by atoms with Crippen molar-refractivity contribution in [2.75, 3.05) is 11.6 Å². The summed E-state index contributed by atoms with van der Waals surface area (Å²) in [5, 5.41) is 1.24. The van der Waals surface area contributed by atoms with Gasteiger partial charge < -0.3 is 9.47 Å². The molecule has 0 atom stereocenters. The van der Waals surface area contributed by atoms with Crippen molar-refractivity contribution in [3.05, 3.63) is 58.1 Å². The van der Waals surface area contributed by atoms with Crippen LogP contribution in [0.5, 0.6) is 11.5 Å². The van der Waals surface area contributed by atoms with E-state index in [1.54, 1.807) is 42.5 Å². The summed E-state index contributed by atoms with van der Waals surface area (Å²) in [7, 11) is 0. The van der Waals surface area contributed by atoms with Crippen LogP contribution in [0.3, 0.4) is 0 Å². The number of hydrazine groups is 1. The molecule has 6 nitrogen and oxygen atoms in total. The van der Waals surface area contributed by atoms with Gasteiger partial charge >= 0.3 is 0 Å². The van der Waals surface area contributed by atoms with Crippen LogP contribution in [0.2, 0.25) is 0 Å². The number of halogens is 1. The Morgan fingerprint density at radius 1 is 1.10 bits per heavy atom. The fourth-order valence-corrected chi connectivity index (χ4v) is 3.25. The summed E-state index contributed by atoms with van der Waals surface area (Å²) >= 11 is 3.51. The Balaban J connectivity index is 1.98. The zero-order valence-corrected chi connectivity index (χ0v) is 18.4. The second kappa shape index (κ2) is 8.29. The molecule has 29 heavy (non-hydrogen) atoms. The minimum Gasteiger partial charge on any atom is -0.490 e. The summed E-state index contributed by atoms with van der Waals surface area (Å²) in [6.07, 6.45) is 1.55. The number of nitrogens with zero attached hydrogens (tertiary/aromatic N) is 1. The second-order valence-electron chi connectivity index (χ2n) is 7.44. The lowest BCUT2D eigenvalue weighted by molar-refractivity contribution is -0.117. The lowest BCUT2D eigenvalue weighted by Crippen LogP contribution is -2.35. The van der Waals surface area contributed by atoms with Gasteiger partial charge in [-0.25, -0.2) is 5.01 Å². The Morgan fingerprint density at radius 3 is 2.41 bits per heavy atom. The van der Waals surface area contributed by atoms with Crippen LogP contribution in [0.15, 0.2) is 52.5 Å². The Morgan fingerprint density at radius 2 is 1.79 bits per heavy atom. The lowest BCUT2D eigenvalue weighted by atomic mass is 10.1. The molecule has 1 aliphatic heterocycles. The highest BCUT2D eigenvalue weighted by Gasteiger charge is 2.34. The molecule has 0 unspecified atom stereocenters. The molecule has 1 fully saturated rings. The lowest BCUT2D eigenvalue weighted by Gasteiger charge is -2.23. The molecule has 0 spiro atoms. The summed E-state index contributed by atoms with van der Waals surface area (Å²) in [5.41, 5.74) is 3.48. The van der Waals surface area contributed by atoms with E-state index >= 15 is 0 Å². The van der Waals surface area contributed by atoms with Gasteiger partial charge in [0, 0.05) is 4.47 Å². The molecule has 0 aliphatic carbocycles. The predicted molar refractivity (Wildman–Crippen MR) is 116 cm³/mol. The van der Waals surface area contributed by atoms with Crippen LogP contribution in [-0.2, 0) is 9.59 Å². The van der Waals surface area contributed by atoms with Crippen molar-refractivity contribution in [3.8, 4) is 11.5 Å². The van der Waals surface area contributed by atoms with E-state index in [-0.39, 0.29) is 5.57 Å². The van der Waals surface area contributed by atoms with E-state index in [4.69, 9.17) is 9.47 Å². The van der Waals surface area contributed by atoms with Gasteiger partial charge in [-0.3, -0.25) is 15.0 Å². The number of para-hydroxylation sites is 1. The van der Waals surface area contributed by atoms with Gasteiger partial charge in [-0.2, -0.15) is 0 Å². The van der Waals surface area contributed by atoms with Gasteiger partial charge in [0.1, 0.15) is 11.2 Å². The maximum absolute atomic E-state index is 12.8. The van der Waals surface area contributed by atoms with Crippen molar-refractivity contribution in [1.29, 1.82) is 0 Å². The highest BCUT2D eigenvalue weighted by Crippen LogP contribution is 2.37. The normalized spacial score (nSPS) is 15.6. The van der Waals surface area contributed by atoms with E-state index in [9.17, 15) is 9.59 Å². The first-order valence-corrected chi connectivity index (χ1v) is 10.1. The number of rotatable bonds is 5. The molecular weight excluding hydrogens is 436 g/mol. The topological polar surface area (TPSA) is 67.9 Å². The maximum Gasteiger partial charge on any atom is 0.282 e. The third-order valence-corrected chi connectivity index (χ3v) is 4.67. The molecule has 1 N–H and O–H groups in total. The van der Waals surface area contributed by atoms with E-state index in [1.165, 1.54) is 5.01 Å². The minimum absolute atomic E-state index is 0.0430. The summed E-state index contributed by atoms with van der Waals surface area (Å²) in [4.78, 5) is 25.2. The molecule has 1 saturated heterocycles. The van der Waals surface area contributed by atoms with Gasteiger partial charge in [0.2, 0.25) is 0 Å². The Labute approximate surface area is 178 Å². The molecule has 0 bridgehead atoms. The molecule has 0 saturated carbocycles. The fourth-order valence-electron chi connectivity index (χ4n) is 2.81. The summed E-state index contributed by atoms with van der Waals surface area (Å²) in [6.45, 7) is 8.19. The standard InChI is InChI=1S/C22H23BrN2O4/c1-5-28-18-12-14(17(23)13-19(18)29-22(2,3)4)11-16-20(26)24-25(21(16)27)15-9-7-6-8-10-15/h6-13H,5H2,1-4H3,(H,24,26)/b16-11-. The van der Waals surface area contributed by atoms with Crippen molar-refractivity contribution in [3.63, 3.8) is 0 Å². The molecule has 0 radical (unpaired) electrons. The highest BCUT2D eigenvalue weighted by atomic mass is 79.9. The maximum atomic E-state index is 12.8. The van der Waals surface area contributed by atoms with E-state index in [0.29, 0.717) is 33.8 Å². The summed E-state index contributed by atoms with van der Waals surface area (Å²) in [6, 6.07) is 12.5. The van der Waals surface area contributed by atoms with Gasteiger partial charge in [-0.05, 0) is 63.6 Å². The van der Waals surface area contributed by atoms with E-state index in [1.807, 2.05) is 33.8 Å². The molecule has 2 aromatic rings. The van der Waals surface area contributed by atoms with Gasteiger partial charge in [-0.15, -0.1) is 0 Å². The van der Waals surface area contributed by atoms with Gasteiger partial charge in [-0.1, -0.05) is 34.1 Å². The van der Waals surface area contributed by atoms with Gasteiger partial charge in [0.25, 0.3) is 11.8 Å². The fraction of sp³-hybridized carbons (Fsp3) is 0.273. The van der Waals surface area contributed by atoms with Crippen LogP contribution in [0, 0.1) is 0 Å². The molecule has 2 amide bonds. The van der Waals surface area contributed by atoms with Crippen molar-refractivity contribution < 1.29 is 19.1 Å². The number of ether oxygens (including phenoxy) is 2. The van der Waals surface area contributed by atoms with E-state index in [0.717, 1.165) is 0 Å². The minimum atomic E-state index is -0.460. The third-order valence-electron chi connectivity index (χ3n) is 3.98. The van der Waals surface area contributed by atoms with E-state index in [2.05, 4.69) is 21.4 Å². The van der Waals surface area contributed by atoms with Crippen LogP contribution in [0.4, 0.5) is 5.69 Å². The smallest absolute Gasteiger partial charge is 0.282 e. The summed E-state index contributed by atoms with van der Waals surface area (Å²) in [5.74, 6) is 0.254. The average molecular weight is 459 g/mol. The number of anilines is 1. The Bertz CT molecular complexity index is 965. The number of benzene rings is 2. The second-order valence-corrected chi connectivity index (χ2v) is 8.30. The van der Waals surface area contributed by atoms with Crippen molar-refractivity contribution >= 4 is 39.5 Å². The van der Waals surface area contributed by atoms with E-state index < -0.39 is 17.4 Å². The predicted octanol–water partition coefficient (Wildman–Crippen LogP) is 4.49. The van der Waals surface area contributed by atoms with Crippen LogP contribution in [0.25, 0.3) is 6.08 Å². The molecule has 7 heteroatoms. The molecule has 3 rings (SSSR count). The number of hydrogen-bond donors (Lipinski definition) is 1. The molecule has 2 aromatic carbocycles. The van der Waals surface area contributed by atoms with Crippen LogP contribution in [0.1, 0.15) is 33.3 Å². The zero-order valence-electron chi connectivity index (χ0n) is 16.8. The zero-order chi connectivity index (χ0) is 21.2. The molecule has 1 aliphatic rings. The first kappa shape index (κ1) is 20.9. The number of carbonyl (C=O) groups excluding carboxylic acids is 2. The molecular formula is C22H23BrN2O4.